The van der Waals surface area contributed by atoms with Gasteiger partial charge in [0, 0.05) is 29.9 Å². The Bertz CT molecular complexity index is 2060. The largest absolute Gasteiger partial charge is 0.467 e. The van der Waals surface area contributed by atoms with Crippen molar-refractivity contribution >= 4 is 34.8 Å². The number of rotatable bonds is 15. The number of amides is 3. The van der Waals surface area contributed by atoms with E-state index in [0.717, 1.165) is 38.7 Å². The Labute approximate surface area is 313 Å². The zero-order valence-electron chi connectivity index (χ0n) is 29.9. The van der Waals surface area contributed by atoms with Crippen LogP contribution in [-0.4, -0.2) is 48.1 Å². The number of aromatic amines is 1. The summed E-state index contributed by atoms with van der Waals surface area (Å²) in [4.78, 5) is 57.4. The number of methoxy groups -OCH3 is 1. The summed E-state index contributed by atoms with van der Waals surface area (Å²) in [5.74, 6) is -1.72. The first-order valence-electron chi connectivity index (χ1n) is 17.8. The number of hydrogen-bond donors (Lipinski definition) is 4. The highest BCUT2D eigenvalue weighted by atomic mass is 16.5. The second-order valence-corrected chi connectivity index (χ2v) is 12.8. The average Bonchev–Trinajstić information content (AvgIpc) is 3.64. The number of para-hydroxylation sites is 1. The van der Waals surface area contributed by atoms with Gasteiger partial charge in [-0.2, -0.15) is 0 Å². The topological polar surface area (TPSA) is 139 Å². The first kappa shape index (κ1) is 37.1. The van der Waals surface area contributed by atoms with E-state index < -0.39 is 35.6 Å². The fraction of sp³-hybridized carbons (Fsp3) is 0.182. The minimum Gasteiger partial charge on any atom is -0.467 e. The van der Waals surface area contributed by atoms with Gasteiger partial charge in [0.1, 0.15) is 24.2 Å². The molecule has 3 amide bonds. The van der Waals surface area contributed by atoms with E-state index in [1.54, 1.807) is 6.20 Å². The minimum absolute atomic E-state index is 0.00440. The first-order valence-corrected chi connectivity index (χ1v) is 17.8. The Morgan fingerprint density at radius 2 is 1.20 bits per heavy atom. The molecule has 0 aliphatic rings. The highest BCUT2D eigenvalue weighted by Crippen LogP contribution is 2.37. The van der Waals surface area contributed by atoms with Crippen molar-refractivity contribution in [3.8, 4) is 0 Å². The number of hydrogen-bond acceptors (Lipinski definition) is 6. The van der Waals surface area contributed by atoms with Crippen LogP contribution in [0.4, 0.5) is 4.79 Å². The number of esters is 1. The van der Waals surface area contributed by atoms with Crippen molar-refractivity contribution in [3.05, 3.63) is 180 Å². The third kappa shape index (κ3) is 8.85. The van der Waals surface area contributed by atoms with Crippen LogP contribution in [0.3, 0.4) is 0 Å². The molecule has 0 saturated carbocycles. The van der Waals surface area contributed by atoms with Crippen LogP contribution in [-0.2, 0) is 42.4 Å². The van der Waals surface area contributed by atoms with Gasteiger partial charge < -0.3 is 30.4 Å². The molecule has 0 aliphatic heterocycles. The van der Waals surface area contributed by atoms with Crippen LogP contribution in [0.25, 0.3) is 10.9 Å². The Balaban J connectivity index is 1.21. The van der Waals surface area contributed by atoms with Crippen molar-refractivity contribution in [2.45, 2.75) is 43.5 Å². The van der Waals surface area contributed by atoms with Gasteiger partial charge >= 0.3 is 12.1 Å². The van der Waals surface area contributed by atoms with Crippen molar-refractivity contribution in [2.24, 2.45) is 0 Å². The summed E-state index contributed by atoms with van der Waals surface area (Å²) in [6, 6.07) is 43.5. The van der Waals surface area contributed by atoms with E-state index in [-0.39, 0.29) is 31.8 Å². The molecule has 0 aliphatic carbocycles. The van der Waals surface area contributed by atoms with Crippen molar-refractivity contribution in [3.63, 3.8) is 0 Å². The van der Waals surface area contributed by atoms with E-state index >= 15 is 0 Å². The summed E-state index contributed by atoms with van der Waals surface area (Å²) in [5.41, 5.74) is 3.91. The van der Waals surface area contributed by atoms with Gasteiger partial charge in [0.25, 0.3) is 0 Å². The normalized spacial score (nSPS) is 12.2. The van der Waals surface area contributed by atoms with Gasteiger partial charge in [0.15, 0.2) is 0 Å². The van der Waals surface area contributed by atoms with Crippen molar-refractivity contribution < 1.29 is 28.7 Å². The number of benzene rings is 5. The Hall–Kier alpha value is -6.68. The minimum atomic E-state index is -1.19. The number of fused-ring (bicyclic) bond motifs is 1. The smallest absolute Gasteiger partial charge is 0.408 e. The maximum atomic E-state index is 14.0. The monoisotopic (exact) mass is 722 g/mol. The van der Waals surface area contributed by atoms with E-state index in [0.29, 0.717) is 0 Å². The van der Waals surface area contributed by atoms with Crippen LogP contribution < -0.4 is 16.0 Å². The number of carbonyl (C=O) groups is 4. The predicted molar refractivity (Wildman–Crippen MR) is 206 cm³/mol. The quantitative estimate of drug-likeness (QED) is 0.0701. The molecule has 0 bridgehead atoms. The maximum absolute atomic E-state index is 14.0. The van der Waals surface area contributed by atoms with Gasteiger partial charge in [-0.15, -0.1) is 0 Å². The highest BCUT2D eigenvalue weighted by Gasteiger charge is 2.38. The summed E-state index contributed by atoms with van der Waals surface area (Å²) in [7, 11) is 1.22. The lowest BCUT2D eigenvalue weighted by atomic mass is 9.77. The number of H-pyrrole nitrogens is 1. The van der Waals surface area contributed by atoms with Crippen molar-refractivity contribution in [1.82, 2.24) is 20.9 Å². The van der Waals surface area contributed by atoms with Crippen LogP contribution in [0.5, 0.6) is 0 Å². The molecule has 0 radical (unpaired) electrons. The lowest BCUT2D eigenvalue weighted by Crippen LogP contribution is -2.53. The SMILES string of the molecule is COC(=O)[C@H](CCC(=O)NC(c1ccccc1)(c1ccccc1)c1ccccc1)NC(=O)[C@H](Cc1c[nH]c2ccccc12)NC(=O)OCc1ccccc1. The van der Waals surface area contributed by atoms with Gasteiger partial charge in [-0.3, -0.25) is 9.59 Å². The summed E-state index contributed by atoms with van der Waals surface area (Å²) < 4.78 is 10.5. The van der Waals surface area contributed by atoms with Gasteiger partial charge in [-0.25, -0.2) is 9.59 Å². The molecule has 4 N–H and O–H groups in total. The third-order valence-corrected chi connectivity index (χ3v) is 9.33. The van der Waals surface area contributed by atoms with Crippen LogP contribution in [0, 0.1) is 0 Å². The molecule has 10 nitrogen and oxygen atoms in total. The predicted octanol–water partition coefficient (Wildman–Crippen LogP) is 6.55. The molecular formula is C44H42N4O6. The van der Waals surface area contributed by atoms with Crippen LogP contribution in [0.15, 0.2) is 152 Å². The van der Waals surface area contributed by atoms with Crippen molar-refractivity contribution in [1.29, 1.82) is 0 Å². The second kappa shape index (κ2) is 17.7. The Morgan fingerprint density at radius 3 is 1.78 bits per heavy atom. The third-order valence-electron chi connectivity index (χ3n) is 9.33. The van der Waals surface area contributed by atoms with E-state index in [1.807, 2.05) is 146 Å². The molecular weight excluding hydrogens is 681 g/mol. The van der Waals surface area contributed by atoms with Gasteiger partial charge in [0.2, 0.25) is 11.8 Å². The van der Waals surface area contributed by atoms with E-state index in [9.17, 15) is 19.2 Å². The van der Waals surface area contributed by atoms with E-state index in [1.165, 1.54) is 7.11 Å². The Morgan fingerprint density at radius 1 is 0.667 bits per heavy atom. The molecule has 54 heavy (non-hydrogen) atoms. The molecule has 0 unspecified atom stereocenters. The fourth-order valence-corrected chi connectivity index (χ4v) is 6.63. The zero-order chi connectivity index (χ0) is 37.8. The molecule has 0 spiro atoms. The second-order valence-electron chi connectivity index (χ2n) is 12.8. The molecule has 2 atom stereocenters. The standard InChI is InChI=1S/C44H42N4O6/c1-53-42(51)38(26-27-40(49)48-44(33-18-8-3-9-19-33,34-20-10-4-11-21-34)35-22-12-5-13-23-35)46-41(50)39(28-32-29-45-37-25-15-14-24-36(32)37)47-43(52)54-30-31-16-6-2-7-17-31/h2-25,29,38-39,45H,26-28,30H2,1H3,(H,46,50)(H,47,52)(H,48,49)/t38-,39-/m0/s1. The molecule has 0 fully saturated rings. The van der Waals surface area contributed by atoms with Crippen LogP contribution in [0.2, 0.25) is 0 Å². The van der Waals surface area contributed by atoms with Crippen LogP contribution >= 0.6 is 0 Å². The first-order chi connectivity index (χ1) is 26.4. The number of aromatic nitrogens is 1. The maximum Gasteiger partial charge on any atom is 0.408 e. The van der Waals surface area contributed by atoms with Gasteiger partial charge in [-0.1, -0.05) is 140 Å². The summed E-state index contributed by atoms with van der Waals surface area (Å²) >= 11 is 0. The molecule has 1 heterocycles. The van der Waals surface area contributed by atoms with E-state index in [4.69, 9.17) is 9.47 Å². The highest BCUT2D eigenvalue weighted by molar-refractivity contribution is 5.91. The molecule has 6 aromatic rings. The average molecular weight is 723 g/mol. The van der Waals surface area contributed by atoms with Gasteiger partial charge in [-0.05, 0) is 40.3 Å². The van der Waals surface area contributed by atoms with E-state index in [2.05, 4.69) is 20.9 Å². The Kier molecular flexibility index (Phi) is 12.2. The number of alkyl carbamates (subject to hydrolysis) is 1. The molecule has 274 valence electrons. The summed E-state index contributed by atoms with van der Waals surface area (Å²) in [5, 5.41) is 9.60. The lowest BCUT2D eigenvalue weighted by Gasteiger charge is -2.37. The molecule has 6 rings (SSSR count). The van der Waals surface area contributed by atoms with Gasteiger partial charge in [0.05, 0.1) is 7.11 Å². The van der Waals surface area contributed by atoms with Crippen LogP contribution in [0.1, 0.15) is 40.7 Å². The molecule has 10 heteroatoms. The molecule has 0 saturated heterocycles. The summed E-state index contributed by atoms with van der Waals surface area (Å²) in [6.07, 6.45) is 0.873. The number of carbonyl (C=O) groups excluding carboxylic acids is 4. The number of nitrogens with one attached hydrogen (secondary N) is 4. The molecule has 1 aromatic heterocycles. The zero-order valence-corrected chi connectivity index (χ0v) is 29.9. The molecule has 5 aromatic carbocycles. The number of ether oxygens (including phenoxy) is 2. The van der Waals surface area contributed by atoms with Crippen molar-refractivity contribution in [2.75, 3.05) is 7.11 Å². The lowest BCUT2D eigenvalue weighted by molar-refractivity contribution is -0.145. The fourth-order valence-electron chi connectivity index (χ4n) is 6.63. The summed E-state index contributed by atoms with van der Waals surface area (Å²) in [6.45, 7) is 0.00440.